The third kappa shape index (κ3) is 3.88. The summed E-state index contributed by atoms with van der Waals surface area (Å²) in [5.74, 6) is 0.611. The number of benzene rings is 1. The summed E-state index contributed by atoms with van der Waals surface area (Å²) in [6.45, 7) is 0.893. The van der Waals surface area contributed by atoms with Crippen molar-refractivity contribution in [2.75, 3.05) is 0 Å². The average molecular weight is 378 g/mol. The van der Waals surface area contributed by atoms with Gasteiger partial charge in [-0.1, -0.05) is 18.2 Å². The number of nitrogens with zero attached hydrogens (tertiary/aromatic N) is 3. The van der Waals surface area contributed by atoms with E-state index in [1.165, 1.54) is 18.4 Å². The van der Waals surface area contributed by atoms with Crippen molar-refractivity contribution in [3.05, 3.63) is 48.2 Å². The lowest BCUT2D eigenvalue weighted by atomic mass is 9.95. The van der Waals surface area contributed by atoms with Gasteiger partial charge >= 0.3 is 0 Å². The molecule has 2 saturated carbocycles. The molecule has 0 unspecified atom stereocenters. The Kier molecular flexibility index (Phi) is 4.74. The maximum Gasteiger partial charge on any atom is 0.232 e. The number of nitrogens with one attached hydrogen (secondary N) is 1. The summed E-state index contributed by atoms with van der Waals surface area (Å²) in [6.07, 6.45) is 7.72. The third-order valence-electron chi connectivity index (χ3n) is 5.66. The predicted molar refractivity (Wildman–Crippen MR) is 107 cm³/mol. The van der Waals surface area contributed by atoms with Gasteiger partial charge in [-0.3, -0.25) is 0 Å². The Morgan fingerprint density at radius 1 is 1.07 bits per heavy atom. The summed E-state index contributed by atoms with van der Waals surface area (Å²) in [6, 6.07) is 13.1. The van der Waals surface area contributed by atoms with Crippen LogP contribution in [0.2, 0.25) is 0 Å². The molecule has 28 heavy (non-hydrogen) atoms. The quantitative estimate of drug-likeness (QED) is 0.688. The van der Waals surface area contributed by atoms with Crippen LogP contribution in [0.3, 0.4) is 0 Å². The second kappa shape index (κ2) is 7.53. The molecule has 0 bridgehead atoms. The average Bonchev–Trinajstić information content (AvgIpc) is 3.46. The second-order valence-electron chi connectivity index (χ2n) is 7.99. The van der Waals surface area contributed by atoms with Crippen molar-refractivity contribution < 1.29 is 9.84 Å². The van der Waals surface area contributed by atoms with E-state index >= 15 is 0 Å². The van der Waals surface area contributed by atoms with Crippen LogP contribution in [0.5, 0.6) is 5.88 Å². The Labute approximate surface area is 164 Å². The van der Waals surface area contributed by atoms with Crippen molar-refractivity contribution in [3.8, 4) is 17.1 Å². The zero-order valence-corrected chi connectivity index (χ0v) is 15.9. The molecule has 2 aliphatic rings. The van der Waals surface area contributed by atoms with E-state index in [0.717, 1.165) is 49.1 Å². The fraction of sp³-hybridized carbons (Fsp3) is 0.455. The highest BCUT2D eigenvalue weighted by Gasteiger charge is 2.22. The predicted octanol–water partition coefficient (Wildman–Crippen LogP) is 3.33. The second-order valence-corrected chi connectivity index (χ2v) is 7.99. The molecule has 0 amide bonds. The molecule has 0 aliphatic heterocycles. The minimum Gasteiger partial charge on any atom is -0.473 e. The number of ether oxygens (including phenoxy) is 1. The van der Waals surface area contributed by atoms with Crippen molar-refractivity contribution in [2.24, 2.45) is 0 Å². The highest BCUT2D eigenvalue weighted by Crippen LogP contribution is 2.26. The van der Waals surface area contributed by atoms with E-state index in [4.69, 9.17) is 9.84 Å². The largest absolute Gasteiger partial charge is 0.473 e. The lowest BCUT2D eigenvalue weighted by Gasteiger charge is -2.25. The summed E-state index contributed by atoms with van der Waals surface area (Å²) >= 11 is 0. The summed E-state index contributed by atoms with van der Waals surface area (Å²) in [5, 5.41) is 17.9. The number of fused-ring (bicyclic) bond motifs is 1. The molecule has 146 valence electrons. The topological polar surface area (TPSA) is 71.7 Å². The summed E-state index contributed by atoms with van der Waals surface area (Å²) in [5.41, 5.74) is 4.15. The highest BCUT2D eigenvalue weighted by atomic mass is 16.5. The molecule has 2 N–H and O–H groups in total. The van der Waals surface area contributed by atoms with Crippen molar-refractivity contribution >= 4 is 5.65 Å². The molecule has 2 aliphatic carbocycles. The fourth-order valence-corrected chi connectivity index (χ4v) is 3.84. The number of aliphatic hydroxyl groups excluding tert-OH is 1. The molecule has 0 spiro atoms. The van der Waals surface area contributed by atoms with Crippen LogP contribution in [0, 0.1) is 0 Å². The van der Waals surface area contributed by atoms with E-state index in [1.807, 2.05) is 22.8 Å². The first kappa shape index (κ1) is 17.6. The minimum atomic E-state index is -0.183. The van der Waals surface area contributed by atoms with Crippen LogP contribution in [0.25, 0.3) is 16.9 Å². The molecular formula is C22H26N4O2. The fourth-order valence-electron chi connectivity index (χ4n) is 3.84. The molecule has 2 aromatic heterocycles. The van der Waals surface area contributed by atoms with Crippen LogP contribution in [0.15, 0.2) is 42.6 Å². The lowest BCUT2D eigenvalue weighted by Crippen LogP contribution is -2.26. The van der Waals surface area contributed by atoms with Crippen LogP contribution < -0.4 is 10.1 Å². The number of aliphatic hydroxyl groups is 1. The van der Waals surface area contributed by atoms with E-state index < -0.39 is 0 Å². The van der Waals surface area contributed by atoms with Gasteiger partial charge in [-0.05, 0) is 56.2 Å². The molecular weight excluding hydrogens is 352 g/mol. The van der Waals surface area contributed by atoms with E-state index in [-0.39, 0.29) is 12.2 Å². The standard InChI is InChI=1S/C22H26N4O2/c27-18-6-8-19(9-7-18)28-22-11-10-21-24-14-20(26(21)25-22)16-3-1-2-15(12-16)13-23-17-4-5-17/h1-3,10-12,14,17-19,23,27H,4-9,13H2. The molecule has 0 atom stereocenters. The van der Waals surface area contributed by atoms with Crippen LogP contribution in [0.4, 0.5) is 0 Å². The van der Waals surface area contributed by atoms with Crippen LogP contribution in [0.1, 0.15) is 44.1 Å². The van der Waals surface area contributed by atoms with Gasteiger partial charge < -0.3 is 15.2 Å². The van der Waals surface area contributed by atoms with Crippen LogP contribution >= 0.6 is 0 Å². The highest BCUT2D eigenvalue weighted by molar-refractivity contribution is 5.63. The Bertz CT molecular complexity index is 958. The molecule has 6 heteroatoms. The number of aromatic nitrogens is 3. The van der Waals surface area contributed by atoms with Gasteiger partial charge in [-0.15, -0.1) is 5.10 Å². The molecule has 1 aromatic carbocycles. The first-order valence-corrected chi connectivity index (χ1v) is 10.3. The summed E-state index contributed by atoms with van der Waals surface area (Å²) < 4.78 is 7.95. The Balaban J connectivity index is 1.38. The van der Waals surface area contributed by atoms with E-state index in [9.17, 15) is 5.11 Å². The van der Waals surface area contributed by atoms with Gasteiger partial charge in [0.25, 0.3) is 0 Å². The van der Waals surface area contributed by atoms with Gasteiger partial charge in [0.15, 0.2) is 5.65 Å². The normalized spacial score (nSPS) is 22.5. The van der Waals surface area contributed by atoms with Gasteiger partial charge in [0.05, 0.1) is 18.0 Å². The van der Waals surface area contributed by atoms with Gasteiger partial charge in [-0.25, -0.2) is 9.50 Å². The summed E-state index contributed by atoms with van der Waals surface area (Å²) in [7, 11) is 0. The first-order chi connectivity index (χ1) is 13.7. The first-order valence-electron chi connectivity index (χ1n) is 10.3. The van der Waals surface area contributed by atoms with Crippen molar-refractivity contribution in [3.63, 3.8) is 0 Å². The van der Waals surface area contributed by atoms with Gasteiger partial charge in [0.1, 0.15) is 6.10 Å². The van der Waals surface area contributed by atoms with Crippen LogP contribution in [-0.2, 0) is 6.54 Å². The van der Waals surface area contributed by atoms with E-state index in [1.54, 1.807) is 0 Å². The lowest BCUT2D eigenvalue weighted by molar-refractivity contribution is 0.0637. The Hall–Kier alpha value is -2.44. The minimum absolute atomic E-state index is 0.122. The maximum absolute atomic E-state index is 9.68. The number of rotatable bonds is 6. The zero-order chi connectivity index (χ0) is 18.9. The molecule has 2 fully saturated rings. The van der Waals surface area contributed by atoms with Crippen molar-refractivity contribution in [1.82, 2.24) is 19.9 Å². The molecule has 6 nitrogen and oxygen atoms in total. The SMILES string of the molecule is OC1CCC(Oc2ccc3ncc(-c4cccc(CNC5CC5)c4)n3n2)CC1. The zero-order valence-electron chi connectivity index (χ0n) is 15.9. The number of hydrogen-bond donors (Lipinski definition) is 2. The third-order valence-corrected chi connectivity index (χ3v) is 5.66. The smallest absolute Gasteiger partial charge is 0.232 e. The molecule has 3 aromatic rings. The maximum atomic E-state index is 9.68. The van der Waals surface area contributed by atoms with Gasteiger partial charge in [-0.2, -0.15) is 0 Å². The number of hydrogen-bond acceptors (Lipinski definition) is 5. The Morgan fingerprint density at radius 2 is 1.93 bits per heavy atom. The Morgan fingerprint density at radius 3 is 2.75 bits per heavy atom. The van der Waals surface area contributed by atoms with Crippen molar-refractivity contribution in [1.29, 1.82) is 0 Å². The summed E-state index contributed by atoms with van der Waals surface area (Å²) in [4.78, 5) is 4.50. The molecule has 0 saturated heterocycles. The molecule has 2 heterocycles. The van der Waals surface area contributed by atoms with Crippen molar-refractivity contribution in [2.45, 2.75) is 63.3 Å². The number of imidazole rings is 1. The monoisotopic (exact) mass is 378 g/mol. The van der Waals surface area contributed by atoms with E-state index in [0.29, 0.717) is 11.9 Å². The van der Waals surface area contributed by atoms with Gasteiger partial charge in [0.2, 0.25) is 5.88 Å². The molecule has 0 radical (unpaired) electrons. The van der Waals surface area contributed by atoms with Crippen LogP contribution in [-0.4, -0.2) is 38.0 Å². The van der Waals surface area contributed by atoms with Gasteiger partial charge in [0, 0.05) is 24.2 Å². The van der Waals surface area contributed by atoms with E-state index in [2.05, 4.69) is 34.6 Å². The molecule has 5 rings (SSSR count).